The molecule has 0 saturated carbocycles. The van der Waals surface area contributed by atoms with Gasteiger partial charge in [-0.3, -0.25) is 0 Å². The van der Waals surface area contributed by atoms with Crippen molar-refractivity contribution in [1.29, 1.82) is 0 Å². The summed E-state index contributed by atoms with van der Waals surface area (Å²) in [5, 5.41) is 0. The van der Waals surface area contributed by atoms with Gasteiger partial charge in [-0.05, 0) is 12.8 Å². The fourth-order valence-corrected chi connectivity index (χ4v) is 2.56. The maximum absolute atomic E-state index is 13.8. The van der Waals surface area contributed by atoms with Crippen molar-refractivity contribution in [2.45, 2.75) is 31.7 Å². The first-order valence-corrected chi connectivity index (χ1v) is 6.47. The lowest BCUT2D eigenvalue weighted by Gasteiger charge is -2.31. The van der Waals surface area contributed by atoms with Gasteiger partial charge in [0.2, 0.25) is 5.82 Å². The Morgan fingerprint density at radius 2 is 1.40 bits per heavy atom. The molecule has 1 aliphatic rings. The molecular formula is C13H15F5N2. The number of nitrogens with two attached hydrogens (primary N) is 1. The molecule has 112 valence electrons. The monoisotopic (exact) mass is 294 g/mol. The molecule has 1 atom stereocenters. The zero-order chi connectivity index (χ0) is 14.9. The van der Waals surface area contributed by atoms with Crippen LogP contribution in [0.25, 0.3) is 0 Å². The number of nitrogens with zero attached hydrogens (tertiary/aromatic N) is 1. The summed E-state index contributed by atoms with van der Waals surface area (Å²) in [5.41, 5.74) is 4.70. The molecule has 1 aromatic carbocycles. The van der Waals surface area contributed by atoms with Gasteiger partial charge in [0.15, 0.2) is 23.3 Å². The van der Waals surface area contributed by atoms with Crippen LogP contribution in [0.3, 0.4) is 0 Å². The van der Waals surface area contributed by atoms with Gasteiger partial charge < -0.3 is 10.6 Å². The van der Waals surface area contributed by atoms with Crippen molar-refractivity contribution in [2.75, 3.05) is 18.0 Å². The van der Waals surface area contributed by atoms with Gasteiger partial charge in [-0.15, -0.1) is 0 Å². The lowest BCUT2D eigenvalue weighted by molar-refractivity contribution is 0.375. The number of benzene rings is 1. The van der Waals surface area contributed by atoms with Crippen molar-refractivity contribution in [3.63, 3.8) is 0 Å². The van der Waals surface area contributed by atoms with Gasteiger partial charge in [0, 0.05) is 19.1 Å². The van der Waals surface area contributed by atoms with E-state index in [1.807, 2.05) is 0 Å². The highest BCUT2D eigenvalue weighted by Crippen LogP contribution is 2.33. The van der Waals surface area contributed by atoms with Crippen molar-refractivity contribution in [1.82, 2.24) is 0 Å². The molecule has 0 spiro atoms. The van der Waals surface area contributed by atoms with E-state index in [2.05, 4.69) is 0 Å². The van der Waals surface area contributed by atoms with Crippen LogP contribution in [-0.4, -0.2) is 19.1 Å². The molecule has 1 aromatic rings. The van der Waals surface area contributed by atoms with Crippen LogP contribution in [0.4, 0.5) is 27.6 Å². The molecule has 0 bridgehead atoms. The van der Waals surface area contributed by atoms with E-state index in [0.717, 1.165) is 12.8 Å². The van der Waals surface area contributed by atoms with Gasteiger partial charge in [-0.1, -0.05) is 12.8 Å². The fourth-order valence-electron chi connectivity index (χ4n) is 2.56. The maximum Gasteiger partial charge on any atom is 0.200 e. The van der Waals surface area contributed by atoms with Crippen molar-refractivity contribution in [3.8, 4) is 0 Å². The first-order valence-electron chi connectivity index (χ1n) is 6.47. The second-order valence-electron chi connectivity index (χ2n) is 4.85. The Morgan fingerprint density at radius 3 is 1.95 bits per heavy atom. The fraction of sp³-hybridized carbons (Fsp3) is 0.538. The van der Waals surface area contributed by atoms with Gasteiger partial charge >= 0.3 is 0 Å². The normalized spacial score (nSPS) is 20.1. The zero-order valence-electron chi connectivity index (χ0n) is 10.7. The number of halogens is 5. The van der Waals surface area contributed by atoms with Crippen LogP contribution in [0.2, 0.25) is 0 Å². The van der Waals surface area contributed by atoms with E-state index >= 15 is 0 Å². The van der Waals surface area contributed by atoms with Gasteiger partial charge in [0.1, 0.15) is 5.69 Å². The molecule has 1 unspecified atom stereocenters. The highest BCUT2D eigenvalue weighted by molar-refractivity contribution is 5.51. The second kappa shape index (κ2) is 5.95. The van der Waals surface area contributed by atoms with Crippen molar-refractivity contribution in [3.05, 3.63) is 29.1 Å². The first kappa shape index (κ1) is 15.0. The highest BCUT2D eigenvalue weighted by Gasteiger charge is 2.32. The SMILES string of the molecule is NCC1CCCCCN1c1c(F)c(F)c(F)c(F)c1F. The number of rotatable bonds is 2. The van der Waals surface area contributed by atoms with E-state index in [1.165, 1.54) is 4.90 Å². The van der Waals surface area contributed by atoms with E-state index in [0.29, 0.717) is 12.8 Å². The molecular weight excluding hydrogens is 279 g/mol. The summed E-state index contributed by atoms with van der Waals surface area (Å²) >= 11 is 0. The molecule has 0 aliphatic carbocycles. The van der Waals surface area contributed by atoms with E-state index in [-0.39, 0.29) is 13.1 Å². The largest absolute Gasteiger partial charge is 0.362 e. The van der Waals surface area contributed by atoms with Gasteiger partial charge in [0.25, 0.3) is 0 Å². The summed E-state index contributed by atoms with van der Waals surface area (Å²) in [4.78, 5) is 1.21. The van der Waals surface area contributed by atoms with Gasteiger partial charge in [0.05, 0.1) is 0 Å². The summed E-state index contributed by atoms with van der Waals surface area (Å²) in [6, 6.07) is -0.425. The third-order valence-corrected chi connectivity index (χ3v) is 3.62. The molecule has 0 amide bonds. The standard InChI is InChI=1S/C13H15F5N2/c14-8-9(15)11(17)13(12(18)10(8)16)20-5-3-1-2-4-7(20)6-19/h7H,1-6,19H2. The highest BCUT2D eigenvalue weighted by atomic mass is 19.2. The average Bonchev–Trinajstić information content (AvgIpc) is 2.68. The van der Waals surface area contributed by atoms with Crippen molar-refractivity contribution < 1.29 is 22.0 Å². The minimum atomic E-state index is -2.14. The second-order valence-corrected chi connectivity index (χ2v) is 4.85. The predicted molar refractivity (Wildman–Crippen MR) is 64.9 cm³/mol. The average molecular weight is 294 g/mol. The van der Waals surface area contributed by atoms with E-state index < -0.39 is 40.8 Å². The topological polar surface area (TPSA) is 29.3 Å². The lowest BCUT2D eigenvalue weighted by Crippen LogP contribution is -2.41. The molecule has 1 saturated heterocycles. The van der Waals surface area contributed by atoms with Gasteiger partial charge in [-0.25, -0.2) is 22.0 Å². The molecule has 2 nitrogen and oxygen atoms in total. The van der Waals surface area contributed by atoms with Crippen LogP contribution in [-0.2, 0) is 0 Å². The Bertz CT molecular complexity index is 477. The molecule has 2 rings (SSSR count). The molecule has 0 aromatic heterocycles. The quantitative estimate of drug-likeness (QED) is 0.516. The van der Waals surface area contributed by atoms with Gasteiger partial charge in [-0.2, -0.15) is 0 Å². The van der Waals surface area contributed by atoms with Crippen LogP contribution in [0, 0.1) is 29.1 Å². The zero-order valence-corrected chi connectivity index (χ0v) is 10.7. The summed E-state index contributed by atoms with van der Waals surface area (Å²) in [5.74, 6) is -9.55. The Labute approximate surface area is 113 Å². The lowest BCUT2D eigenvalue weighted by atomic mass is 10.1. The van der Waals surface area contributed by atoms with Crippen LogP contribution in [0.15, 0.2) is 0 Å². The summed E-state index contributed by atoms with van der Waals surface area (Å²) in [6.45, 7) is 0.319. The van der Waals surface area contributed by atoms with E-state index in [9.17, 15) is 22.0 Å². The molecule has 0 radical (unpaired) electrons. The predicted octanol–water partition coefficient (Wildman–Crippen LogP) is 3.09. The van der Waals surface area contributed by atoms with E-state index in [4.69, 9.17) is 5.73 Å². The number of hydrogen-bond donors (Lipinski definition) is 1. The summed E-state index contributed by atoms with van der Waals surface area (Å²) in [7, 11) is 0. The smallest absolute Gasteiger partial charge is 0.200 e. The Morgan fingerprint density at radius 1 is 0.850 bits per heavy atom. The number of anilines is 1. The molecule has 20 heavy (non-hydrogen) atoms. The van der Waals surface area contributed by atoms with Crippen LogP contribution in [0.1, 0.15) is 25.7 Å². The molecule has 1 aliphatic heterocycles. The van der Waals surface area contributed by atoms with Crippen LogP contribution < -0.4 is 10.6 Å². The van der Waals surface area contributed by atoms with Crippen molar-refractivity contribution in [2.24, 2.45) is 5.73 Å². The Balaban J connectivity index is 2.55. The molecule has 7 heteroatoms. The summed E-state index contributed by atoms with van der Waals surface area (Å²) in [6.07, 6.45) is 2.84. The minimum Gasteiger partial charge on any atom is -0.362 e. The van der Waals surface area contributed by atoms with Crippen molar-refractivity contribution >= 4 is 5.69 Å². The van der Waals surface area contributed by atoms with Crippen LogP contribution >= 0.6 is 0 Å². The minimum absolute atomic E-state index is 0.0967. The molecule has 1 fully saturated rings. The molecule has 2 N–H and O–H groups in total. The Hall–Kier alpha value is -1.37. The first-order chi connectivity index (χ1) is 9.49. The maximum atomic E-state index is 13.8. The van der Waals surface area contributed by atoms with Crippen LogP contribution in [0.5, 0.6) is 0 Å². The third kappa shape index (κ3) is 2.46. The number of hydrogen-bond acceptors (Lipinski definition) is 2. The van der Waals surface area contributed by atoms with E-state index in [1.54, 1.807) is 0 Å². The summed E-state index contributed by atoms with van der Waals surface area (Å²) < 4.78 is 67.2. The molecule has 1 heterocycles. The third-order valence-electron chi connectivity index (χ3n) is 3.62. The Kier molecular flexibility index (Phi) is 4.47.